The van der Waals surface area contributed by atoms with Crippen LogP contribution in [0.4, 0.5) is 0 Å². The Hall–Kier alpha value is -2.20. The van der Waals surface area contributed by atoms with Crippen LogP contribution in [-0.4, -0.2) is 17.6 Å². The van der Waals surface area contributed by atoms with Crippen LogP contribution in [0.1, 0.15) is 24.2 Å². The maximum Gasteiger partial charge on any atom is 0.329 e. The fraction of sp³-hybridized carbons (Fsp3) is 0.250. The van der Waals surface area contributed by atoms with Crippen molar-refractivity contribution >= 4 is 16.9 Å². The molecule has 2 aromatic rings. The third kappa shape index (κ3) is 2.86. The molecule has 0 saturated carbocycles. The fourth-order valence-electron chi connectivity index (χ4n) is 2.09. The van der Waals surface area contributed by atoms with E-state index in [0.29, 0.717) is 12.3 Å². The molecular formula is C16H18N2O2. The van der Waals surface area contributed by atoms with Gasteiger partial charge in [-0.15, -0.1) is 6.58 Å². The van der Waals surface area contributed by atoms with Gasteiger partial charge in [0.15, 0.2) is 0 Å². The van der Waals surface area contributed by atoms with Crippen molar-refractivity contribution in [2.75, 3.05) is 6.61 Å². The number of fused-ring (bicyclic) bond motifs is 1. The first-order valence-corrected chi connectivity index (χ1v) is 6.59. The van der Waals surface area contributed by atoms with E-state index in [9.17, 15) is 4.79 Å². The molecule has 4 nitrogen and oxygen atoms in total. The summed E-state index contributed by atoms with van der Waals surface area (Å²) in [7, 11) is 0. The first-order valence-electron chi connectivity index (χ1n) is 6.59. The van der Waals surface area contributed by atoms with Crippen LogP contribution in [0, 0.1) is 0 Å². The van der Waals surface area contributed by atoms with E-state index in [-0.39, 0.29) is 0 Å². The van der Waals surface area contributed by atoms with Gasteiger partial charge in [-0.1, -0.05) is 24.3 Å². The van der Waals surface area contributed by atoms with Crippen molar-refractivity contribution < 1.29 is 9.53 Å². The molecule has 1 aromatic carbocycles. The van der Waals surface area contributed by atoms with Crippen molar-refractivity contribution in [2.45, 2.75) is 19.4 Å². The topological polar surface area (TPSA) is 65.2 Å². The molecular weight excluding hydrogens is 252 g/mol. The Morgan fingerprint density at radius 2 is 2.25 bits per heavy atom. The van der Waals surface area contributed by atoms with Gasteiger partial charge in [-0.05, 0) is 31.0 Å². The third-order valence-electron chi connectivity index (χ3n) is 3.07. The van der Waals surface area contributed by atoms with E-state index >= 15 is 0 Å². The molecule has 1 heterocycles. The number of ether oxygens (including phenoxy) is 1. The van der Waals surface area contributed by atoms with Gasteiger partial charge in [0, 0.05) is 5.39 Å². The molecule has 104 valence electrons. The van der Waals surface area contributed by atoms with Crippen LogP contribution in [0.25, 0.3) is 10.9 Å². The molecule has 0 saturated heterocycles. The summed E-state index contributed by atoms with van der Waals surface area (Å²) in [5, 5.41) is 1.05. The molecule has 2 N–H and O–H groups in total. The second kappa shape index (κ2) is 6.30. The predicted octanol–water partition coefficient (Wildman–Crippen LogP) is 2.53. The summed E-state index contributed by atoms with van der Waals surface area (Å²) >= 11 is 0. The fourth-order valence-corrected chi connectivity index (χ4v) is 2.09. The van der Waals surface area contributed by atoms with E-state index in [1.165, 1.54) is 0 Å². The Labute approximate surface area is 118 Å². The van der Waals surface area contributed by atoms with Crippen LogP contribution in [0.3, 0.4) is 0 Å². The monoisotopic (exact) mass is 270 g/mol. The summed E-state index contributed by atoms with van der Waals surface area (Å²) in [4.78, 5) is 16.1. The minimum atomic E-state index is -0.845. The molecule has 0 aliphatic heterocycles. The third-order valence-corrected chi connectivity index (χ3v) is 3.07. The lowest BCUT2D eigenvalue weighted by Gasteiger charge is -2.11. The summed E-state index contributed by atoms with van der Waals surface area (Å²) in [5.41, 5.74) is 8.35. The molecule has 0 radical (unpaired) electrons. The molecule has 20 heavy (non-hydrogen) atoms. The number of hydrogen-bond donors (Lipinski definition) is 1. The summed E-state index contributed by atoms with van der Waals surface area (Å²) in [6.07, 6.45) is 2.63. The van der Waals surface area contributed by atoms with Crippen LogP contribution < -0.4 is 5.73 Å². The Morgan fingerprint density at radius 1 is 1.45 bits per heavy atom. The van der Waals surface area contributed by atoms with Crippen molar-refractivity contribution in [3.8, 4) is 0 Å². The van der Waals surface area contributed by atoms with Gasteiger partial charge < -0.3 is 10.5 Å². The highest BCUT2D eigenvalue weighted by Gasteiger charge is 2.18. The number of carbonyl (C=O) groups excluding carboxylic acids is 1. The highest BCUT2D eigenvalue weighted by atomic mass is 16.5. The number of nitrogens with two attached hydrogens (primary N) is 1. The first kappa shape index (κ1) is 14.2. The second-order valence-electron chi connectivity index (χ2n) is 4.44. The molecule has 0 fully saturated rings. The van der Waals surface area contributed by atoms with E-state index in [4.69, 9.17) is 10.5 Å². The standard InChI is InChI=1S/C16H18N2O2/c1-3-6-11-7-5-8-13-12(11)9-10-14(18-13)15(17)16(19)20-4-2/h3,5,7-10,15H,1,4,6,17H2,2H3. The molecule has 4 heteroatoms. The quantitative estimate of drug-likeness (QED) is 0.669. The summed E-state index contributed by atoms with van der Waals surface area (Å²) in [6.45, 7) is 5.81. The minimum absolute atomic E-state index is 0.309. The number of carbonyl (C=O) groups is 1. The Bertz CT molecular complexity index is 637. The van der Waals surface area contributed by atoms with Crippen LogP contribution in [0.15, 0.2) is 43.0 Å². The molecule has 0 aliphatic rings. The number of benzene rings is 1. The van der Waals surface area contributed by atoms with Crippen molar-refractivity contribution in [1.82, 2.24) is 4.98 Å². The molecule has 1 aromatic heterocycles. The molecule has 0 bridgehead atoms. The zero-order valence-electron chi connectivity index (χ0n) is 11.5. The van der Waals surface area contributed by atoms with Gasteiger partial charge in [0.1, 0.15) is 6.04 Å². The van der Waals surface area contributed by atoms with Crippen LogP contribution >= 0.6 is 0 Å². The number of rotatable bonds is 5. The van der Waals surface area contributed by atoms with E-state index in [1.807, 2.05) is 30.3 Å². The van der Waals surface area contributed by atoms with Gasteiger partial charge in [0.25, 0.3) is 0 Å². The van der Waals surface area contributed by atoms with Gasteiger partial charge in [-0.25, -0.2) is 4.79 Å². The summed E-state index contributed by atoms with van der Waals surface area (Å²) in [6, 6.07) is 8.75. The second-order valence-corrected chi connectivity index (χ2v) is 4.44. The zero-order valence-corrected chi connectivity index (χ0v) is 11.5. The lowest BCUT2D eigenvalue weighted by molar-refractivity contribution is -0.144. The average molecular weight is 270 g/mol. The largest absolute Gasteiger partial charge is 0.465 e. The lowest BCUT2D eigenvalue weighted by Crippen LogP contribution is -2.24. The first-order chi connectivity index (χ1) is 9.67. The molecule has 0 aliphatic carbocycles. The van der Waals surface area contributed by atoms with Gasteiger partial charge in [0.2, 0.25) is 0 Å². The number of aromatic nitrogens is 1. The molecule has 1 atom stereocenters. The maximum atomic E-state index is 11.6. The van der Waals surface area contributed by atoms with Gasteiger partial charge in [0.05, 0.1) is 17.8 Å². The van der Waals surface area contributed by atoms with Crippen molar-refractivity contribution in [3.05, 3.63) is 54.2 Å². The van der Waals surface area contributed by atoms with Crippen LogP contribution in [0.2, 0.25) is 0 Å². The Balaban J connectivity index is 2.39. The SMILES string of the molecule is C=CCc1cccc2nc(C(N)C(=O)OCC)ccc12. The Kier molecular flexibility index (Phi) is 4.48. The van der Waals surface area contributed by atoms with Crippen LogP contribution in [-0.2, 0) is 16.0 Å². The van der Waals surface area contributed by atoms with E-state index in [2.05, 4.69) is 11.6 Å². The number of pyridine rings is 1. The normalized spacial score (nSPS) is 12.1. The molecule has 0 spiro atoms. The molecule has 2 rings (SSSR count). The Morgan fingerprint density at radius 3 is 2.95 bits per heavy atom. The number of nitrogens with zero attached hydrogens (tertiary/aromatic N) is 1. The number of allylic oxidation sites excluding steroid dienone is 1. The van der Waals surface area contributed by atoms with Crippen molar-refractivity contribution in [1.29, 1.82) is 0 Å². The van der Waals surface area contributed by atoms with Gasteiger partial charge in [-0.3, -0.25) is 4.98 Å². The average Bonchev–Trinajstić information content (AvgIpc) is 2.47. The zero-order chi connectivity index (χ0) is 14.5. The predicted molar refractivity (Wildman–Crippen MR) is 79.2 cm³/mol. The van der Waals surface area contributed by atoms with Gasteiger partial charge >= 0.3 is 5.97 Å². The van der Waals surface area contributed by atoms with Crippen molar-refractivity contribution in [3.63, 3.8) is 0 Å². The van der Waals surface area contributed by atoms with E-state index in [0.717, 1.165) is 22.9 Å². The van der Waals surface area contributed by atoms with E-state index in [1.54, 1.807) is 13.0 Å². The molecule has 0 amide bonds. The summed E-state index contributed by atoms with van der Waals surface area (Å²) < 4.78 is 4.92. The van der Waals surface area contributed by atoms with E-state index < -0.39 is 12.0 Å². The highest BCUT2D eigenvalue weighted by molar-refractivity contribution is 5.84. The lowest BCUT2D eigenvalue weighted by atomic mass is 10.0. The maximum absolute atomic E-state index is 11.6. The summed E-state index contributed by atoms with van der Waals surface area (Å²) in [5.74, 6) is -0.457. The minimum Gasteiger partial charge on any atom is -0.465 e. The van der Waals surface area contributed by atoms with Gasteiger partial charge in [-0.2, -0.15) is 0 Å². The van der Waals surface area contributed by atoms with Crippen molar-refractivity contribution in [2.24, 2.45) is 5.73 Å². The number of esters is 1. The number of hydrogen-bond acceptors (Lipinski definition) is 4. The smallest absolute Gasteiger partial charge is 0.329 e. The molecule has 1 unspecified atom stereocenters. The van der Waals surface area contributed by atoms with Crippen LogP contribution in [0.5, 0.6) is 0 Å². The highest BCUT2D eigenvalue weighted by Crippen LogP contribution is 2.20.